The lowest BCUT2D eigenvalue weighted by molar-refractivity contribution is -0.126. The highest BCUT2D eigenvalue weighted by Gasteiger charge is 2.24. The number of carbonyl (C=O) groups excluding carboxylic acids is 2. The summed E-state index contributed by atoms with van der Waals surface area (Å²) in [6.45, 7) is 5.28. The molecule has 0 saturated carbocycles. The summed E-state index contributed by atoms with van der Waals surface area (Å²) >= 11 is 3.39. The van der Waals surface area contributed by atoms with Gasteiger partial charge in [-0.25, -0.2) is 0 Å². The van der Waals surface area contributed by atoms with Gasteiger partial charge in [-0.2, -0.15) is 0 Å². The first-order valence-electron chi connectivity index (χ1n) is 8.03. The molecule has 1 saturated heterocycles. The van der Waals surface area contributed by atoms with Gasteiger partial charge in [-0.05, 0) is 50.9 Å². The number of halogens is 1. The van der Waals surface area contributed by atoms with Gasteiger partial charge < -0.3 is 16.0 Å². The molecule has 5 nitrogen and oxygen atoms in total. The highest BCUT2D eigenvalue weighted by molar-refractivity contribution is 9.10. The summed E-state index contributed by atoms with van der Waals surface area (Å²) in [4.78, 5) is 24.1. The molecular formula is C17H24BrN3O2. The van der Waals surface area contributed by atoms with Crippen molar-refractivity contribution < 1.29 is 9.59 Å². The van der Waals surface area contributed by atoms with Crippen molar-refractivity contribution in [3.63, 3.8) is 0 Å². The van der Waals surface area contributed by atoms with Crippen molar-refractivity contribution in [3.05, 3.63) is 28.2 Å². The van der Waals surface area contributed by atoms with Crippen LogP contribution in [0.5, 0.6) is 0 Å². The number of hydrogen-bond acceptors (Lipinski definition) is 3. The van der Waals surface area contributed by atoms with E-state index in [0.29, 0.717) is 12.6 Å². The van der Waals surface area contributed by atoms with E-state index < -0.39 is 0 Å². The molecule has 6 heteroatoms. The van der Waals surface area contributed by atoms with Gasteiger partial charge in [0, 0.05) is 35.1 Å². The minimum atomic E-state index is -0.0924. The second-order valence-corrected chi connectivity index (χ2v) is 7.04. The van der Waals surface area contributed by atoms with E-state index in [1.165, 1.54) is 0 Å². The van der Waals surface area contributed by atoms with Crippen LogP contribution in [-0.4, -0.2) is 30.9 Å². The van der Waals surface area contributed by atoms with Crippen LogP contribution in [-0.2, 0) is 9.59 Å². The lowest BCUT2D eigenvalue weighted by Crippen LogP contribution is -2.42. The first-order chi connectivity index (χ1) is 11.0. The van der Waals surface area contributed by atoms with Gasteiger partial charge in [-0.1, -0.05) is 22.0 Å². The standard InChI is InChI=1S/C17H24BrN3O2/c1-11-3-4-14(18)10-15(11)21-16(22)6-8-20-17(23)13-5-7-19-12(2)9-13/h3-4,10,12-13,19H,5-9H2,1-2H3,(H,20,23)(H,21,22)/t12-,13-/m0/s1. The van der Waals surface area contributed by atoms with Crippen LogP contribution in [0.15, 0.2) is 22.7 Å². The van der Waals surface area contributed by atoms with E-state index >= 15 is 0 Å². The monoisotopic (exact) mass is 381 g/mol. The van der Waals surface area contributed by atoms with Crippen molar-refractivity contribution in [2.75, 3.05) is 18.4 Å². The minimum absolute atomic E-state index is 0.0571. The summed E-state index contributed by atoms with van der Waals surface area (Å²) in [5, 5.41) is 9.09. The molecule has 1 aromatic rings. The Morgan fingerprint density at radius 3 is 2.91 bits per heavy atom. The van der Waals surface area contributed by atoms with Crippen LogP contribution in [0, 0.1) is 12.8 Å². The average Bonchev–Trinajstić information content (AvgIpc) is 2.51. The van der Waals surface area contributed by atoms with Crippen LogP contribution in [0.25, 0.3) is 0 Å². The molecule has 2 atom stereocenters. The molecule has 1 heterocycles. The van der Waals surface area contributed by atoms with Crippen molar-refractivity contribution in [1.29, 1.82) is 0 Å². The summed E-state index contributed by atoms with van der Waals surface area (Å²) in [7, 11) is 0. The van der Waals surface area contributed by atoms with Crippen molar-refractivity contribution in [2.24, 2.45) is 5.92 Å². The number of piperidine rings is 1. The predicted molar refractivity (Wildman–Crippen MR) is 95.3 cm³/mol. The van der Waals surface area contributed by atoms with Gasteiger partial charge in [-0.15, -0.1) is 0 Å². The van der Waals surface area contributed by atoms with Crippen LogP contribution < -0.4 is 16.0 Å². The Hall–Kier alpha value is -1.40. The van der Waals surface area contributed by atoms with E-state index in [4.69, 9.17) is 0 Å². The Kier molecular flexibility index (Phi) is 6.59. The van der Waals surface area contributed by atoms with Gasteiger partial charge >= 0.3 is 0 Å². The fourth-order valence-corrected chi connectivity index (χ4v) is 3.12. The Morgan fingerprint density at radius 2 is 2.17 bits per heavy atom. The summed E-state index contributed by atoms with van der Waals surface area (Å²) in [5.41, 5.74) is 1.80. The van der Waals surface area contributed by atoms with Gasteiger partial charge in [0.25, 0.3) is 0 Å². The molecule has 0 aromatic heterocycles. The molecule has 0 unspecified atom stereocenters. The molecule has 1 aliphatic rings. The van der Waals surface area contributed by atoms with Gasteiger partial charge in [0.05, 0.1) is 0 Å². The molecule has 1 aromatic carbocycles. The zero-order valence-corrected chi connectivity index (χ0v) is 15.2. The van der Waals surface area contributed by atoms with E-state index in [1.807, 2.05) is 25.1 Å². The molecule has 0 bridgehead atoms. The molecule has 0 aliphatic carbocycles. The lowest BCUT2D eigenvalue weighted by Gasteiger charge is -2.27. The topological polar surface area (TPSA) is 70.2 Å². The predicted octanol–water partition coefficient (Wildman–Crippen LogP) is 2.59. The van der Waals surface area contributed by atoms with E-state index in [2.05, 4.69) is 38.8 Å². The summed E-state index contributed by atoms with van der Waals surface area (Å²) in [6.07, 6.45) is 1.99. The first-order valence-corrected chi connectivity index (χ1v) is 8.82. The second kappa shape index (κ2) is 8.45. The van der Waals surface area contributed by atoms with E-state index in [1.54, 1.807) is 0 Å². The third-order valence-corrected chi connectivity index (χ3v) is 4.61. The molecule has 1 aliphatic heterocycles. The van der Waals surface area contributed by atoms with Crippen LogP contribution in [0.3, 0.4) is 0 Å². The molecule has 0 radical (unpaired) electrons. The Morgan fingerprint density at radius 1 is 1.39 bits per heavy atom. The SMILES string of the molecule is Cc1ccc(Br)cc1NC(=O)CCNC(=O)[C@H]1CCN[C@@H](C)C1. The van der Waals surface area contributed by atoms with Gasteiger partial charge in [0.15, 0.2) is 0 Å². The normalized spacial score (nSPS) is 20.8. The minimum Gasteiger partial charge on any atom is -0.355 e. The number of hydrogen-bond donors (Lipinski definition) is 3. The maximum atomic E-state index is 12.1. The summed E-state index contributed by atoms with van der Waals surface area (Å²) in [6, 6.07) is 6.13. The Balaban J connectivity index is 1.74. The molecule has 1 fully saturated rings. The molecule has 2 rings (SSSR count). The van der Waals surface area contributed by atoms with E-state index in [0.717, 1.165) is 35.1 Å². The van der Waals surface area contributed by atoms with Crippen LogP contribution in [0.1, 0.15) is 31.7 Å². The fraction of sp³-hybridized carbons (Fsp3) is 0.529. The number of benzene rings is 1. The Labute approximate surface area is 145 Å². The van der Waals surface area contributed by atoms with Crippen LogP contribution in [0.2, 0.25) is 0 Å². The zero-order chi connectivity index (χ0) is 16.8. The van der Waals surface area contributed by atoms with Crippen molar-refractivity contribution in [3.8, 4) is 0 Å². The third kappa shape index (κ3) is 5.62. The molecule has 3 N–H and O–H groups in total. The average molecular weight is 382 g/mol. The van der Waals surface area contributed by atoms with Gasteiger partial charge in [0.2, 0.25) is 11.8 Å². The van der Waals surface area contributed by atoms with Gasteiger partial charge in [0.1, 0.15) is 0 Å². The first kappa shape index (κ1) is 17.9. The molecule has 126 valence electrons. The zero-order valence-electron chi connectivity index (χ0n) is 13.6. The molecular weight excluding hydrogens is 358 g/mol. The van der Waals surface area contributed by atoms with E-state index in [9.17, 15) is 9.59 Å². The maximum Gasteiger partial charge on any atom is 0.226 e. The van der Waals surface area contributed by atoms with E-state index in [-0.39, 0.29) is 24.2 Å². The maximum absolute atomic E-state index is 12.1. The Bertz CT molecular complexity index is 577. The lowest BCUT2D eigenvalue weighted by atomic mass is 9.92. The molecule has 23 heavy (non-hydrogen) atoms. The van der Waals surface area contributed by atoms with Crippen LogP contribution in [0.4, 0.5) is 5.69 Å². The summed E-state index contributed by atoms with van der Waals surface area (Å²) in [5.74, 6) is 0.0246. The number of anilines is 1. The summed E-state index contributed by atoms with van der Waals surface area (Å²) < 4.78 is 0.923. The van der Waals surface area contributed by atoms with Crippen molar-refractivity contribution in [1.82, 2.24) is 10.6 Å². The number of carbonyl (C=O) groups is 2. The van der Waals surface area contributed by atoms with Gasteiger partial charge in [-0.3, -0.25) is 9.59 Å². The third-order valence-electron chi connectivity index (χ3n) is 4.12. The van der Waals surface area contributed by atoms with Crippen LogP contribution >= 0.6 is 15.9 Å². The highest BCUT2D eigenvalue weighted by Crippen LogP contribution is 2.20. The number of aryl methyl sites for hydroxylation is 1. The molecule has 2 amide bonds. The van der Waals surface area contributed by atoms with Crippen molar-refractivity contribution in [2.45, 2.75) is 39.2 Å². The number of nitrogens with one attached hydrogen (secondary N) is 3. The smallest absolute Gasteiger partial charge is 0.226 e. The second-order valence-electron chi connectivity index (χ2n) is 6.12. The quantitative estimate of drug-likeness (QED) is 0.733. The largest absolute Gasteiger partial charge is 0.355 e. The molecule has 0 spiro atoms. The number of rotatable bonds is 5. The number of amides is 2. The fourth-order valence-electron chi connectivity index (χ4n) is 2.76. The van der Waals surface area contributed by atoms with Crippen molar-refractivity contribution >= 4 is 33.4 Å². The highest BCUT2D eigenvalue weighted by atomic mass is 79.9.